The SMILES string of the molecule is FC(F)(F)c1nc(-c2cccnc2)cs1. The second-order valence-corrected chi connectivity index (χ2v) is 3.64. The van der Waals surface area contributed by atoms with Gasteiger partial charge in [-0.15, -0.1) is 11.3 Å². The van der Waals surface area contributed by atoms with Crippen molar-refractivity contribution in [2.24, 2.45) is 0 Å². The van der Waals surface area contributed by atoms with Crippen molar-refractivity contribution >= 4 is 11.3 Å². The summed E-state index contributed by atoms with van der Waals surface area (Å²) in [5.74, 6) is 0. The van der Waals surface area contributed by atoms with E-state index in [1.807, 2.05) is 0 Å². The van der Waals surface area contributed by atoms with Gasteiger partial charge in [0.15, 0.2) is 5.01 Å². The van der Waals surface area contributed by atoms with Gasteiger partial charge in [0, 0.05) is 23.3 Å². The van der Waals surface area contributed by atoms with Gasteiger partial charge < -0.3 is 0 Å². The molecule has 2 aromatic rings. The molecule has 0 saturated carbocycles. The average molecular weight is 230 g/mol. The van der Waals surface area contributed by atoms with Crippen LogP contribution in [0.5, 0.6) is 0 Å². The number of halogens is 3. The second-order valence-electron chi connectivity index (χ2n) is 2.78. The molecule has 0 atom stereocenters. The predicted molar refractivity (Wildman–Crippen MR) is 50.3 cm³/mol. The largest absolute Gasteiger partial charge is 0.443 e. The molecule has 6 heteroatoms. The fourth-order valence-electron chi connectivity index (χ4n) is 1.05. The van der Waals surface area contributed by atoms with Crippen LogP contribution in [-0.2, 0) is 6.18 Å². The summed E-state index contributed by atoms with van der Waals surface area (Å²) in [5.41, 5.74) is 0.893. The molecule has 0 N–H and O–H groups in total. The minimum absolute atomic E-state index is 0.306. The van der Waals surface area contributed by atoms with Crippen LogP contribution >= 0.6 is 11.3 Å². The molecular formula is C9H5F3N2S. The van der Waals surface area contributed by atoms with Crippen LogP contribution in [0.3, 0.4) is 0 Å². The monoisotopic (exact) mass is 230 g/mol. The summed E-state index contributed by atoms with van der Waals surface area (Å²) in [5, 5.41) is 0.543. The van der Waals surface area contributed by atoms with E-state index in [0.717, 1.165) is 0 Å². The molecule has 0 aliphatic heterocycles. The Hall–Kier alpha value is -1.43. The first kappa shape index (κ1) is 10.1. The molecule has 0 aliphatic rings. The fraction of sp³-hybridized carbons (Fsp3) is 0.111. The van der Waals surface area contributed by atoms with Crippen LogP contribution in [0.4, 0.5) is 13.2 Å². The fourth-order valence-corrected chi connectivity index (χ4v) is 1.75. The van der Waals surface area contributed by atoms with Gasteiger partial charge in [-0.25, -0.2) is 4.98 Å². The lowest BCUT2D eigenvalue weighted by Gasteiger charge is -1.99. The molecule has 2 heterocycles. The van der Waals surface area contributed by atoms with E-state index in [4.69, 9.17) is 0 Å². The van der Waals surface area contributed by atoms with E-state index in [0.29, 0.717) is 22.6 Å². The lowest BCUT2D eigenvalue weighted by atomic mass is 10.2. The lowest BCUT2D eigenvalue weighted by Crippen LogP contribution is -2.03. The zero-order chi connectivity index (χ0) is 10.9. The molecule has 2 aromatic heterocycles. The Bertz CT molecular complexity index is 450. The molecule has 0 aromatic carbocycles. The van der Waals surface area contributed by atoms with Crippen LogP contribution in [0.25, 0.3) is 11.3 Å². The minimum Gasteiger partial charge on any atom is -0.264 e. The highest BCUT2D eigenvalue weighted by molar-refractivity contribution is 7.10. The average Bonchev–Trinajstić information content (AvgIpc) is 2.67. The molecule has 0 unspecified atom stereocenters. The molecular weight excluding hydrogens is 225 g/mol. The second kappa shape index (κ2) is 3.62. The highest BCUT2D eigenvalue weighted by Crippen LogP contribution is 2.33. The first-order valence-corrected chi connectivity index (χ1v) is 4.88. The van der Waals surface area contributed by atoms with Crippen LogP contribution in [0.15, 0.2) is 29.9 Å². The van der Waals surface area contributed by atoms with E-state index in [1.165, 1.54) is 11.6 Å². The molecule has 0 amide bonds. The third kappa shape index (κ3) is 2.15. The Morgan fingerprint density at radius 2 is 2.07 bits per heavy atom. The predicted octanol–water partition coefficient (Wildman–Crippen LogP) is 3.22. The molecule has 0 aliphatic carbocycles. The van der Waals surface area contributed by atoms with Crippen molar-refractivity contribution < 1.29 is 13.2 Å². The summed E-state index contributed by atoms with van der Waals surface area (Å²) in [6.07, 6.45) is -1.33. The van der Waals surface area contributed by atoms with E-state index in [1.54, 1.807) is 18.3 Å². The maximum absolute atomic E-state index is 12.2. The normalized spacial score (nSPS) is 11.7. The Morgan fingerprint density at radius 3 is 2.60 bits per heavy atom. The van der Waals surface area contributed by atoms with E-state index in [-0.39, 0.29) is 0 Å². The number of aromatic nitrogens is 2. The maximum Gasteiger partial charge on any atom is 0.443 e. The highest BCUT2D eigenvalue weighted by Gasteiger charge is 2.34. The van der Waals surface area contributed by atoms with Crippen molar-refractivity contribution in [2.75, 3.05) is 0 Å². The molecule has 0 bridgehead atoms. The van der Waals surface area contributed by atoms with Crippen LogP contribution in [-0.4, -0.2) is 9.97 Å². The standard InChI is InChI=1S/C9H5F3N2S/c10-9(11,12)8-14-7(5-15-8)6-2-1-3-13-4-6/h1-5H. The number of alkyl halides is 3. The summed E-state index contributed by atoms with van der Waals surface area (Å²) in [4.78, 5) is 7.32. The smallest absolute Gasteiger partial charge is 0.264 e. The summed E-state index contributed by atoms with van der Waals surface area (Å²) < 4.78 is 36.7. The number of hydrogen-bond acceptors (Lipinski definition) is 3. The third-order valence-electron chi connectivity index (χ3n) is 1.70. The third-order valence-corrected chi connectivity index (χ3v) is 2.59. The van der Waals surface area contributed by atoms with Crippen molar-refractivity contribution in [3.8, 4) is 11.3 Å². The maximum atomic E-state index is 12.2. The van der Waals surface area contributed by atoms with Crippen molar-refractivity contribution in [3.05, 3.63) is 34.9 Å². The van der Waals surface area contributed by atoms with Crippen molar-refractivity contribution in [2.45, 2.75) is 6.18 Å². The van der Waals surface area contributed by atoms with Crippen LogP contribution in [0.2, 0.25) is 0 Å². The Morgan fingerprint density at radius 1 is 1.27 bits per heavy atom. The van der Waals surface area contributed by atoms with Gasteiger partial charge in [-0.3, -0.25) is 4.98 Å². The topological polar surface area (TPSA) is 25.8 Å². The Balaban J connectivity index is 2.37. The van der Waals surface area contributed by atoms with Gasteiger partial charge in [-0.05, 0) is 12.1 Å². The van der Waals surface area contributed by atoms with Gasteiger partial charge >= 0.3 is 6.18 Å². The lowest BCUT2D eigenvalue weighted by molar-refractivity contribution is -0.137. The molecule has 0 radical (unpaired) electrons. The summed E-state index contributed by atoms with van der Waals surface area (Å²) in [6, 6.07) is 3.32. The minimum atomic E-state index is -4.37. The van der Waals surface area contributed by atoms with Crippen LogP contribution in [0.1, 0.15) is 5.01 Å². The van der Waals surface area contributed by atoms with Gasteiger partial charge in [0.25, 0.3) is 0 Å². The Kier molecular flexibility index (Phi) is 2.44. The Labute approximate surface area is 87.4 Å². The van der Waals surface area contributed by atoms with Gasteiger partial charge in [0.2, 0.25) is 0 Å². The zero-order valence-corrected chi connectivity index (χ0v) is 8.14. The first-order chi connectivity index (χ1) is 7.07. The number of rotatable bonds is 1. The highest BCUT2D eigenvalue weighted by atomic mass is 32.1. The first-order valence-electron chi connectivity index (χ1n) is 4.00. The molecule has 0 spiro atoms. The molecule has 2 rings (SSSR count). The summed E-state index contributed by atoms with van der Waals surface area (Å²) >= 11 is 0.587. The quantitative estimate of drug-likeness (QED) is 0.751. The van der Waals surface area contributed by atoms with E-state index in [9.17, 15) is 13.2 Å². The van der Waals surface area contributed by atoms with E-state index >= 15 is 0 Å². The van der Waals surface area contributed by atoms with Crippen LogP contribution < -0.4 is 0 Å². The number of nitrogens with zero attached hydrogens (tertiary/aromatic N) is 2. The van der Waals surface area contributed by atoms with Gasteiger partial charge in [0.05, 0.1) is 5.69 Å². The summed E-state index contributed by atoms with van der Waals surface area (Å²) in [6.45, 7) is 0. The number of thiazole rings is 1. The van der Waals surface area contributed by atoms with E-state index in [2.05, 4.69) is 9.97 Å². The number of pyridine rings is 1. The zero-order valence-electron chi connectivity index (χ0n) is 7.32. The summed E-state index contributed by atoms with van der Waals surface area (Å²) in [7, 11) is 0. The van der Waals surface area contributed by atoms with Crippen molar-refractivity contribution in [1.29, 1.82) is 0 Å². The number of hydrogen-bond donors (Lipinski definition) is 0. The van der Waals surface area contributed by atoms with Crippen LogP contribution in [0, 0.1) is 0 Å². The molecule has 15 heavy (non-hydrogen) atoms. The van der Waals surface area contributed by atoms with Gasteiger partial charge in [0.1, 0.15) is 0 Å². The molecule has 2 nitrogen and oxygen atoms in total. The molecule has 0 fully saturated rings. The van der Waals surface area contributed by atoms with Crippen molar-refractivity contribution in [3.63, 3.8) is 0 Å². The van der Waals surface area contributed by atoms with Gasteiger partial charge in [-0.1, -0.05) is 0 Å². The van der Waals surface area contributed by atoms with E-state index < -0.39 is 11.2 Å². The molecule has 78 valence electrons. The van der Waals surface area contributed by atoms with Crippen molar-refractivity contribution in [1.82, 2.24) is 9.97 Å². The van der Waals surface area contributed by atoms with Gasteiger partial charge in [-0.2, -0.15) is 13.2 Å². The molecule has 0 saturated heterocycles.